The molecular formula is C20H20N2O2S. The fourth-order valence-corrected chi connectivity index (χ4v) is 3.15. The molecule has 0 unspecified atom stereocenters. The van der Waals surface area contributed by atoms with Gasteiger partial charge in [0, 0.05) is 23.1 Å². The molecule has 1 amide bonds. The molecule has 128 valence electrons. The van der Waals surface area contributed by atoms with Gasteiger partial charge in [-0.25, -0.2) is 4.98 Å². The summed E-state index contributed by atoms with van der Waals surface area (Å²) in [6.45, 7) is 1.99. The van der Waals surface area contributed by atoms with Gasteiger partial charge in [0.15, 0.2) is 0 Å². The van der Waals surface area contributed by atoms with Crippen LogP contribution in [0.1, 0.15) is 17.0 Å². The summed E-state index contributed by atoms with van der Waals surface area (Å²) >= 11 is 1.63. The van der Waals surface area contributed by atoms with E-state index in [1.165, 1.54) is 0 Å². The molecule has 0 spiro atoms. The third-order valence-electron chi connectivity index (χ3n) is 3.86. The quantitative estimate of drug-likeness (QED) is 0.700. The number of ether oxygens (including phenoxy) is 1. The number of hydrogen-bond acceptors (Lipinski definition) is 4. The maximum atomic E-state index is 12.1. The number of benzene rings is 2. The number of hydrogen-bond donors (Lipinski definition) is 1. The molecule has 1 N–H and O–H groups in total. The molecular weight excluding hydrogens is 332 g/mol. The molecule has 0 aliphatic rings. The number of thiazole rings is 1. The lowest BCUT2D eigenvalue weighted by atomic mass is 10.1. The molecule has 5 heteroatoms. The van der Waals surface area contributed by atoms with Crippen molar-refractivity contribution in [2.45, 2.75) is 19.8 Å². The highest BCUT2D eigenvalue weighted by Gasteiger charge is 2.06. The van der Waals surface area contributed by atoms with Crippen LogP contribution in [0.25, 0.3) is 11.3 Å². The molecule has 0 radical (unpaired) electrons. The molecule has 3 aromatic rings. The van der Waals surface area contributed by atoms with Crippen molar-refractivity contribution in [3.63, 3.8) is 0 Å². The van der Waals surface area contributed by atoms with Crippen LogP contribution >= 0.6 is 11.3 Å². The summed E-state index contributed by atoms with van der Waals surface area (Å²) in [7, 11) is 1.64. The summed E-state index contributed by atoms with van der Waals surface area (Å²) in [5.74, 6) is 0.811. The van der Waals surface area contributed by atoms with Gasteiger partial charge in [-0.2, -0.15) is 0 Å². The lowest BCUT2D eigenvalue weighted by Gasteiger charge is -2.07. The molecule has 0 saturated carbocycles. The Morgan fingerprint density at radius 1 is 1.20 bits per heavy atom. The van der Waals surface area contributed by atoms with E-state index in [2.05, 4.69) is 10.3 Å². The van der Waals surface area contributed by atoms with Crippen LogP contribution in [0.5, 0.6) is 5.75 Å². The molecule has 2 aromatic carbocycles. The topological polar surface area (TPSA) is 51.2 Å². The van der Waals surface area contributed by atoms with Crippen LogP contribution in [0.15, 0.2) is 53.9 Å². The Kier molecular flexibility index (Phi) is 5.46. The second-order valence-corrected chi connectivity index (χ2v) is 6.79. The SMILES string of the molecule is COc1cccc(CCC(=O)Nc2ccc(-c3csc(C)n3)cc2)c1. The summed E-state index contributed by atoms with van der Waals surface area (Å²) in [6, 6.07) is 15.6. The summed E-state index contributed by atoms with van der Waals surface area (Å²) in [5.41, 5.74) is 3.91. The number of aryl methyl sites for hydroxylation is 2. The third-order valence-corrected chi connectivity index (χ3v) is 4.63. The fourth-order valence-electron chi connectivity index (χ4n) is 2.53. The second-order valence-electron chi connectivity index (χ2n) is 5.73. The van der Waals surface area contributed by atoms with E-state index < -0.39 is 0 Å². The van der Waals surface area contributed by atoms with Crippen LogP contribution in [0.4, 0.5) is 5.69 Å². The van der Waals surface area contributed by atoms with Gasteiger partial charge in [0.1, 0.15) is 5.75 Å². The number of carbonyl (C=O) groups is 1. The maximum Gasteiger partial charge on any atom is 0.224 e. The van der Waals surface area contributed by atoms with Crippen molar-refractivity contribution in [2.24, 2.45) is 0 Å². The fraction of sp³-hybridized carbons (Fsp3) is 0.200. The van der Waals surface area contributed by atoms with Crippen LogP contribution in [-0.2, 0) is 11.2 Å². The van der Waals surface area contributed by atoms with E-state index in [-0.39, 0.29) is 5.91 Å². The average molecular weight is 352 g/mol. The van der Waals surface area contributed by atoms with Crippen molar-refractivity contribution in [1.82, 2.24) is 4.98 Å². The van der Waals surface area contributed by atoms with Crippen LogP contribution < -0.4 is 10.1 Å². The van der Waals surface area contributed by atoms with E-state index in [9.17, 15) is 4.79 Å². The van der Waals surface area contributed by atoms with Gasteiger partial charge in [-0.3, -0.25) is 4.79 Å². The first-order valence-electron chi connectivity index (χ1n) is 8.09. The van der Waals surface area contributed by atoms with E-state index in [4.69, 9.17) is 4.74 Å². The average Bonchev–Trinajstić information content (AvgIpc) is 3.07. The highest BCUT2D eigenvalue weighted by atomic mass is 32.1. The minimum atomic E-state index is 0.0000673. The van der Waals surface area contributed by atoms with Crippen molar-refractivity contribution in [3.8, 4) is 17.0 Å². The standard InChI is InChI=1S/C20H20N2O2S/c1-14-21-19(13-25-14)16-7-9-17(10-8-16)22-20(23)11-6-15-4-3-5-18(12-15)24-2/h3-5,7-10,12-13H,6,11H2,1-2H3,(H,22,23). The summed E-state index contributed by atoms with van der Waals surface area (Å²) in [4.78, 5) is 16.6. The monoisotopic (exact) mass is 352 g/mol. The second kappa shape index (κ2) is 7.94. The zero-order chi connectivity index (χ0) is 17.6. The van der Waals surface area contributed by atoms with E-state index in [1.807, 2.05) is 60.8 Å². The molecule has 0 atom stereocenters. The Balaban J connectivity index is 1.55. The van der Waals surface area contributed by atoms with Crippen molar-refractivity contribution in [1.29, 1.82) is 0 Å². The van der Waals surface area contributed by atoms with Crippen molar-refractivity contribution < 1.29 is 9.53 Å². The molecule has 0 aliphatic heterocycles. The number of nitrogens with one attached hydrogen (secondary N) is 1. The van der Waals surface area contributed by atoms with Crippen LogP contribution in [-0.4, -0.2) is 18.0 Å². The van der Waals surface area contributed by atoms with Crippen molar-refractivity contribution in [2.75, 3.05) is 12.4 Å². The van der Waals surface area contributed by atoms with Crippen molar-refractivity contribution in [3.05, 3.63) is 64.5 Å². The molecule has 1 aromatic heterocycles. The molecule has 0 fully saturated rings. The number of nitrogens with zero attached hydrogens (tertiary/aromatic N) is 1. The molecule has 0 aliphatic carbocycles. The van der Waals surface area contributed by atoms with E-state index in [0.29, 0.717) is 12.8 Å². The minimum absolute atomic E-state index is 0.0000673. The maximum absolute atomic E-state index is 12.1. The lowest BCUT2D eigenvalue weighted by Crippen LogP contribution is -2.12. The van der Waals surface area contributed by atoms with Crippen LogP contribution in [0.3, 0.4) is 0 Å². The molecule has 3 rings (SSSR count). The minimum Gasteiger partial charge on any atom is -0.497 e. The van der Waals surface area contributed by atoms with E-state index >= 15 is 0 Å². The first-order valence-corrected chi connectivity index (χ1v) is 8.97. The number of amides is 1. The first kappa shape index (κ1) is 17.2. The zero-order valence-corrected chi connectivity index (χ0v) is 15.1. The Morgan fingerprint density at radius 2 is 2.00 bits per heavy atom. The molecule has 4 nitrogen and oxygen atoms in total. The van der Waals surface area contributed by atoms with Gasteiger partial charge in [-0.15, -0.1) is 11.3 Å². The summed E-state index contributed by atoms with van der Waals surface area (Å²) in [5, 5.41) is 6.02. The van der Waals surface area contributed by atoms with Gasteiger partial charge in [0.25, 0.3) is 0 Å². The normalized spacial score (nSPS) is 10.5. The summed E-state index contributed by atoms with van der Waals surface area (Å²) < 4.78 is 5.20. The largest absolute Gasteiger partial charge is 0.497 e. The first-order chi connectivity index (χ1) is 12.1. The highest BCUT2D eigenvalue weighted by Crippen LogP contribution is 2.23. The highest BCUT2D eigenvalue weighted by molar-refractivity contribution is 7.09. The van der Waals surface area contributed by atoms with Crippen LogP contribution in [0.2, 0.25) is 0 Å². The third kappa shape index (κ3) is 4.67. The van der Waals surface area contributed by atoms with Gasteiger partial charge in [0.05, 0.1) is 17.8 Å². The van der Waals surface area contributed by atoms with Gasteiger partial charge < -0.3 is 10.1 Å². The van der Waals surface area contributed by atoms with E-state index in [0.717, 1.165) is 33.3 Å². The van der Waals surface area contributed by atoms with Gasteiger partial charge in [-0.1, -0.05) is 24.3 Å². The predicted molar refractivity (Wildman–Crippen MR) is 102 cm³/mol. The lowest BCUT2D eigenvalue weighted by molar-refractivity contribution is -0.116. The van der Waals surface area contributed by atoms with E-state index in [1.54, 1.807) is 18.4 Å². The number of rotatable bonds is 6. The number of anilines is 1. The molecule has 0 saturated heterocycles. The number of aromatic nitrogens is 1. The van der Waals surface area contributed by atoms with Gasteiger partial charge in [0.2, 0.25) is 5.91 Å². The smallest absolute Gasteiger partial charge is 0.224 e. The predicted octanol–water partition coefficient (Wildman–Crippen LogP) is 4.70. The summed E-state index contributed by atoms with van der Waals surface area (Å²) in [6.07, 6.45) is 1.11. The van der Waals surface area contributed by atoms with Gasteiger partial charge in [-0.05, 0) is 43.2 Å². The van der Waals surface area contributed by atoms with Crippen LogP contribution in [0, 0.1) is 6.92 Å². The Labute approximate surface area is 151 Å². The molecule has 1 heterocycles. The van der Waals surface area contributed by atoms with Crippen molar-refractivity contribution >= 4 is 22.9 Å². The Bertz CT molecular complexity index is 856. The number of carbonyl (C=O) groups excluding carboxylic acids is 1. The molecule has 0 bridgehead atoms. The Hall–Kier alpha value is -2.66. The number of methoxy groups -OCH3 is 1. The molecule has 25 heavy (non-hydrogen) atoms. The Morgan fingerprint density at radius 3 is 2.68 bits per heavy atom. The van der Waals surface area contributed by atoms with Gasteiger partial charge >= 0.3 is 0 Å². The zero-order valence-electron chi connectivity index (χ0n) is 14.3.